The zero-order chi connectivity index (χ0) is 15.8. The number of fused-ring (bicyclic) bond motifs is 2. The molecule has 1 amide bonds. The molecule has 0 spiro atoms. The van der Waals surface area contributed by atoms with Crippen molar-refractivity contribution < 1.29 is 9.18 Å². The molecule has 4 atom stereocenters. The maximum atomic E-state index is 13.1. The van der Waals surface area contributed by atoms with Gasteiger partial charge in [-0.3, -0.25) is 4.79 Å². The van der Waals surface area contributed by atoms with Crippen molar-refractivity contribution in [2.75, 3.05) is 13.1 Å². The van der Waals surface area contributed by atoms with Crippen molar-refractivity contribution in [2.45, 2.75) is 49.9 Å². The zero-order valence-electron chi connectivity index (χ0n) is 13.1. The maximum Gasteiger partial charge on any atom is 0.241 e. The molecule has 5 nitrogen and oxygen atoms in total. The highest BCUT2D eigenvalue weighted by Gasteiger charge is 2.42. The lowest BCUT2D eigenvalue weighted by Crippen LogP contribution is -2.51. The van der Waals surface area contributed by atoms with Gasteiger partial charge in [0.1, 0.15) is 11.9 Å². The van der Waals surface area contributed by atoms with Gasteiger partial charge in [-0.05, 0) is 49.9 Å². The second-order valence-corrected chi connectivity index (χ2v) is 6.80. The molecule has 3 heterocycles. The van der Waals surface area contributed by atoms with Gasteiger partial charge in [-0.1, -0.05) is 12.1 Å². The van der Waals surface area contributed by atoms with Gasteiger partial charge in [0.05, 0.1) is 0 Å². The number of hydrogen-bond acceptors (Lipinski definition) is 4. The Hall–Kier alpha value is -1.50. The van der Waals surface area contributed by atoms with E-state index in [1.165, 1.54) is 12.1 Å². The van der Waals surface area contributed by atoms with Crippen LogP contribution in [0.3, 0.4) is 0 Å². The predicted octanol–water partition coefficient (Wildman–Crippen LogP) is 1.09. The molecule has 3 fully saturated rings. The van der Waals surface area contributed by atoms with Crippen molar-refractivity contribution >= 4 is 5.91 Å². The number of nitrogens with zero attached hydrogens (tertiary/aromatic N) is 1. The largest absolute Gasteiger partial charge is 0.334 e. The monoisotopic (exact) mass is 318 g/mol. The summed E-state index contributed by atoms with van der Waals surface area (Å²) in [6.07, 6.45) is 3.97. The van der Waals surface area contributed by atoms with Crippen molar-refractivity contribution in [2.24, 2.45) is 0 Å². The van der Waals surface area contributed by atoms with E-state index in [0.717, 1.165) is 37.9 Å². The molecule has 124 valence electrons. The van der Waals surface area contributed by atoms with E-state index in [1.807, 2.05) is 0 Å². The van der Waals surface area contributed by atoms with Crippen LogP contribution in [0.4, 0.5) is 4.39 Å². The highest BCUT2D eigenvalue weighted by atomic mass is 19.1. The summed E-state index contributed by atoms with van der Waals surface area (Å²) in [6, 6.07) is 7.05. The topological polar surface area (TPSA) is 56.4 Å². The second-order valence-electron chi connectivity index (χ2n) is 6.80. The lowest BCUT2D eigenvalue weighted by atomic mass is 10.0. The van der Waals surface area contributed by atoms with E-state index < -0.39 is 0 Å². The number of carbonyl (C=O) groups excluding carboxylic acids is 1. The Kier molecular flexibility index (Phi) is 4.05. The summed E-state index contributed by atoms with van der Waals surface area (Å²) < 4.78 is 13.1. The molecule has 1 aromatic rings. The minimum absolute atomic E-state index is 0.0484. The molecule has 3 aliphatic heterocycles. The van der Waals surface area contributed by atoms with Gasteiger partial charge in [-0.25, -0.2) is 15.2 Å². The molecule has 23 heavy (non-hydrogen) atoms. The lowest BCUT2D eigenvalue weighted by molar-refractivity contribution is -0.135. The van der Waals surface area contributed by atoms with Crippen LogP contribution in [-0.2, 0) is 4.79 Å². The van der Waals surface area contributed by atoms with Crippen LogP contribution in [0, 0.1) is 5.82 Å². The summed E-state index contributed by atoms with van der Waals surface area (Å²) in [4.78, 5) is 15.1. The summed E-state index contributed by atoms with van der Waals surface area (Å²) in [5.41, 5.74) is 7.35. The summed E-state index contributed by atoms with van der Waals surface area (Å²) in [5, 5.41) is 3.43. The van der Waals surface area contributed by atoms with Crippen LogP contribution in [0.2, 0.25) is 0 Å². The Morgan fingerprint density at radius 3 is 2.70 bits per heavy atom. The number of halogens is 1. The SMILES string of the molecule is O=C(C1CC(c2ccc(F)cc2)NN1)N1C2CCNCC1CC2. The first kappa shape index (κ1) is 15.1. The molecule has 1 aromatic carbocycles. The fourth-order valence-corrected chi connectivity index (χ4v) is 4.15. The average Bonchev–Trinajstić information content (AvgIpc) is 3.11. The van der Waals surface area contributed by atoms with Gasteiger partial charge in [-0.15, -0.1) is 0 Å². The van der Waals surface area contributed by atoms with Gasteiger partial charge in [0.25, 0.3) is 0 Å². The molecular weight excluding hydrogens is 295 g/mol. The minimum atomic E-state index is -0.235. The zero-order valence-corrected chi connectivity index (χ0v) is 13.1. The molecule has 4 unspecified atom stereocenters. The van der Waals surface area contributed by atoms with E-state index in [2.05, 4.69) is 21.1 Å². The molecule has 3 saturated heterocycles. The summed E-state index contributed by atoms with van der Waals surface area (Å²) in [6.45, 7) is 1.91. The van der Waals surface area contributed by atoms with E-state index in [-0.39, 0.29) is 23.8 Å². The number of amides is 1. The summed E-state index contributed by atoms with van der Waals surface area (Å²) in [7, 11) is 0. The highest BCUT2D eigenvalue weighted by Crippen LogP contribution is 2.31. The molecule has 0 aliphatic carbocycles. The third-order valence-corrected chi connectivity index (χ3v) is 5.38. The molecule has 3 N–H and O–H groups in total. The number of nitrogens with one attached hydrogen (secondary N) is 3. The summed E-state index contributed by atoms with van der Waals surface area (Å²) in [5.74, 6) is -0.0284. The average molecular weight is 318 g/mol. The smallest absolute Gasteiger partial charge is 0.241 e. The van der Waals surface area contributed by atoms with Crippen LogP contribution in [0.15, 0.2) is 24.3 Å². The first-order valence-electron chi connectivity index (χ1n) is 8.52. The van der Waals surface area contributed by atoms with E-state index in [9.17, 15) is 9.18 Å². The molecule has 3 aliphatic rings. The standard InChI is InChI=1S/C17H23FN4O/c18-12-3-1-11(2-4-12)15-9-16(21-20-15)17(23)22-13-5-6-14(22)10-19-8-7-13/h1-4,13-16,19-21H,5-10H2. The van der Waals surface area contributed by atoms with Crippen molar-refractivity contribution in [3.05, 3.63) is 35.6 Å². The van der Waals surface area contributed by atoms with Crippen LogP contribution in [-0.4, -0.2) is 42.0 Å². The van der Waals surface area contributed by atoms with Gasteiger partial charge in [-0.2, -0.15) is 0 Å². The van der Waals surface area contributed by atoms with Crippen LogP contribution in [0.1, 0.15) is 37.3 Å². The van der Waals surface area contributed by atoms with Gasteiger partial charge < -0.3 is 10.2 Å². The van der Waals surface area contributed by atoms with Gasteiger partial charge >= 0.3 is 0 Å². The number of benzene rings is 1. The third-order valence-electron chi connectivity index (χ3n) is 5.38. The van der Waals surface area contributed by atoms with Crippen molar-refractivity contribution in [3.63, 3.8) is 0 Å². The number of hydrogen-bond donors (Lipinski definition) is 3. The highest BCUT2D eigenvalue weighted by molar-refractivity contribution is 5.83. The van der Waals surface area contributed by atoms with Crippen LogP contribution >= 0.6 is 0 Å². The Labute approximate surface area is 135 Å². The fourth-order valence-electron chi connectivity index (χ4n) is 4.15. The second kappa shape index (κ2) is 6.19. The molecule has 2 bridgehead atoms. The minimum Gasteiger partial charge on any atom is -0.334 e. The first-order valence-corrected chi connectivity index (χ1v) is 8.52. The van der Waals surface area contributed by atoms with Crippen LogP contribution in [0.5, 0.6) is 0 Å². The lowest BCUT2D eigenvalue weighted by Gasteiger charge is -2.30. The van der Waals surface area contributed by atoms with Crippen molar-refractivity contribution in [3.8, 4) is 0 Å². The molecule has 0 aromatic heterocycles. The van der Waals surface area contributed by atoms with Crippen molar-refractivity contribution in [1.82, 2.24) is 21.1 Å². The predicted molar refractivity (Wildman–Crippen MR) is 85.0 cm³/mol. The van der Waals surface area contributed by atoms with E-state index >= 15 is 0 Å². The van der Waals surface area contributed by atoms with Crippen molar-refractivity contribution in [1.29, 1.82) is 0 Å². The normalized spacial score (nSPS) is 33.7. The third kappa shape index (κ3) is 2.86. The van der Waals surface area contributed by atoms with Gasteiger partial charge in [0.15, 0.2) is 0 Å². The summed E-state index contributed by atoms with van der Waals surface area (Å²) >= 11 is 0. The molecular formula is C17H23FN4O. The molecule has 0 saturated carbocycles. The molecule has 4 rings (SSSR count). The quantitative estimate of drug-likeness (QED) is 0.764. The van der Waals surface area contributed by atoms with Crippen LogP contribution in [0.25, 0.3) is 0 Å². The first-order chi connectivity index (χ1) is 11.2. The van der Waals surface area contributed by atoms with Crippen LogP contribution < -0.4 is 16.2 Å². The Bertz CT molecular complexity index is 564. The Morgan fingerprint density at radius 2 is 1.87 bits per heavy atom. The van der Waals surface area contributed by atoms with E-state index in [1.54, 1.807) is 12.1 Å². The molecule has 6 heteroatoms. The van der Waals surface area contributed by atoms with E-state index in [4.69, 9.17) is 0 Å². The number of carbonyl (C=O) groups is 1. The fraction of sp³-hybridized carbons (Fsp3) is 0.588. The van der Waals surface area contributed by atoms with Gasteiger partial charge in [0.2, 0.25) is 5.91 Å². The molecule has 0 radical (unpaired) electrons. The maximum absolute atomic E-state index is 13.1. The Balaban J connectivity index is 1.45. The number of rotatable bonds is 2. The van der Waals surface area contributed by atoms with E-state index in [0.29, 0.717) is 18.5 Å². The number of hydrazine groups is 1. The Morgan fingerprint density at radius 1 is 1.09 bits per heavy atom. The van der Waals surface area contributed by atoms with Gasteiger partial charge in [0, 0.05) is 24.7 Å².